The van der Waals surface area contributed by atoms with Crippen LogP contribution in [0, 0.1) is 0 Å². The Balaban J connectivity index is 2.31. The van der Waals surface area contributed by atoms with Crippen molar-refractivity contribution in [3.63, 3.8) is 0 Å². The number of para-hydroxylation sites is 1. The van der Waals surface area contributed by atoms with Crippen LogP contribution in [0.1, 0.15) is 38.3 Å². The zero-order chi connectivity index (χ0) is 12.5. The van der Waals surface area contributed by atoms with E-state index in [-0.39, 0.29) is 6.04 Å². The molecule has 1 aromatic rings. The van der Waals surface area contributed by atoms with Crippen LogP contribution in [0.2, 0.25) is 0 Å². The normalized spacial score (nSPS) is 12.4. The van der Waals surface area contributed by atoms with Crippen LogP contribution in [0.5, 0.6) is 5.75 Å². The third-order valence-corrected chi connectivity index (χ3v) is 2.54. The van der Waals surface area contributed by atoms with Gasteiger partial charge in [0.05, 0.1) is 6.61 Å². The Bertz CT molecular complexity index is 313. The zero-order valence-electron chi connectivity index (χ0n) is 10.8. The van der Waals surface area contributed by atoms with Gasteiger partial charge in [0.1, 0.15) is 12.4 Å². The molecule has 0 heterocycles. The standard InChI is InChI=1S/C14H23NO2/c1-3-4-9-16-10-11-17-14-8-6-5-7-13(14)12(2)15/h5-8,12H,3-4,9-11,15H2,1-2H3/t12-/m0/s1. The van der Waals surface area contributed by atoms with E-state index in [1.54, 1.807) is 0 Å². The fourth-order valence-corrected chi connectivity index (χ4v) is 1.55. The Kier molecular flexibility index (Phi) is 6.67. The smallest absolute Gasteiger partial charge is 0.124 e. The summed E-state index contributed by atoms with van der Waals surface area (Å²) in [6.45, 7) is 6.13. The second-order valence-electron chi connectivity index (χ2n) is 4.14. The van der Waals surface area contributed by atoms with Crippen molar-refractivity contribution in [2.24, 2.45) is 5.73 Å². The van der Waals surface area contributed by atoms with Gasteiger partial charge in [-0.25, -0.2) is 0 Å². The number of unbranched alkanes of at least 4 members (excludes halogenated alkanes) is 1. The zero-order valence-corrected chi connectivity index (χ0v) is 10.8. The van der Waals surface area contributed by atoms with E-state index in [9.17, 15) is 0 Å². The van der Waals surface area contributed by atoms with Crippen LogP contribution < -0.4 is 10.5 Å². The molecule has 0 radical (unpaired) electrons. The van der Waals surface area contributed by atoms with Crippen molar-refractivity contribution in [1.82, 2.24) is 0 Å². The Labute approximate surface area is 104 Å². The molecule has 96 valence electrons. The largest absolute Gasteiger partial charge is 0.491 e. The second kappa shape index (κ2) is 8.09. The monoisotopic (exact) mass is 237 g/mol. The van der Waals surface area contributed by atoms with Crippen LogP contribution in [0.25, 0.3) is 0 Å². The molecule has 0 aliphatic heterocycles. The Hall–Kier alpha value is -1.06. The minimum absolute atomic E-state index is 0.00721. The lowest BCUT2D eigenvalue weighted by atomic mass is 10.1. The average Bonchev–Trinajstić information content (AvgIpc) is 2.34. The van der Waals surface area contributed by atoms with Gasteiger partial charge in [-0.05, 0) is 19.4 Å². The molecule has 0 saturated heterocycles. The van der Waals surface area contributed by atoms with E-state index < -0.39 is 0 Å². The van der Waals surface area contributed by atoms with Crippen LogP contribution in [0.3, 0.4) is 0 Å². The number of rotatable bonds is 8. The molecule has 0 fully saturated rings. The van der Waals surface area contributed by atoms with Crippen molar-refractivity contribution in [2.75, 3.05) is 19.8 Å². The highest BCUT2D eigenvalue weighted by Gasteiger charge is 2.06. The van der Waals surface area contributed by atoms with Gasteiger partial charge in [0.15, 0.2) is 0 Å². The van der Waals surface area contributed by atoms with E-state index in [1.165, 1.54) is 0 Å². The maximum atomic E-state index is 5.87. The first kappa shape index (κ1) is 14.0. The number of benzene rings is 1. The predicted molar refractivity (Wildman–Crippen MR) is 70.3 cm³/mol. The van der Waals surface area contributed by atoms with Gasteiger partial charge in [-0.1, -0.05) is 31.5 Å². The molecule has 0 saturated carbocycles. The molecule has 0 aromatic heterocycles. The van der Waals surface area contributed by atoms with E-state index in [2.05, 4.69) is 6.92 Å². The summed E-state index contributed by atoms with van der Waals surface area (Å²) in [5.41, 5.74) is 6.92. The molecule has 3 nitrogen and oxygen atoms in total. The summed E-state index contributed by atoms with van der Waals surface area (Å²) in [6.07, 6.45) is 2.27. The summed E-state index contributed by atoms with van der Waals surface area (Å²) in [5.74, 6) is 0.863. The van der Waals surface area contributed by atoms with Crippen molar-refractivity contribution < 1.29 is 9.47 Å². The molecule has 1 aromatic carbocycles. The van der Waals surface area contributed by atoms with Crippen molar-refractivity contribution >= 4 is 0 Å². The van der Waals surface area contributed by atoms with Gasteiger partial charge in [0.2, 0.25) is 0 Å². The number of hydrogen-bond acceptors (Lipinski definition) is 3. The van der Waals surface area contributed by atoms with Crippen molar-refractivity contribution in [2.45, 2.75) is 32.7 Å². The highest BCUT2D eigenvalue weighted by molar-refractivity contribution is 5.35. The van der Waals surface area contributed by atoms with Crippen LogP contribution in [0.4, 0.5) is 0 Å². The summed E-state index contributed by atoms with van der Waals surface area (Å²) in [5, 5.41) is 0. The molecule has 0 aliphatic carbocycles. The van der Waals surface area contributed by atoms with E-state index in [0.29, 0.717) is 13.2 Å². The topological polar surface area (TPSA) is 44.5 Å². The number of ether oxygens (including phenoxy) is 2. The van der Waals surface area contributed by atoms with Gasteiger partial charge < -0.3 is 15.2 Å². The van der Waals surface area contributed by atoms with E-state index >= 15 is 0 Å². The van der Waals surface area contributed by atoms with Gasteiger partial charge in [-0.3, -0.25) is 0 Å². The van der Waals surface area contributed by atoms with E-state index in [4.69, 9.17) is 15.2 Å². The van der Waals surface area contributed by atoms with Crippen molar-refractivity contribution in [3.8, 4) is 5.75 Å². The van der Waals surface area contributed by atoms with Gasteiger partial charge in [-0.15, -0.1) is 0 Å². The maximum absolute atomic E-state index is 5.87. The minimum atomic E-state index is -0.00721. The molecule has 2 N–H and O–H groups in total. The van der Waals surface area contributed by atoms with Gasteiger partial charge >= 0.3 is 0 Å². The van der Waals surface area contributed by atoms with Crippen molar-refractivity contribution in [1.29, 1.82) is 0 Å². The molecule has 3 heteroatoms. The molecular formula is C14H23NO2. The van der Waals surface area contributed by atoms with Crippen LogP contribution in [-0.2, 0) is 4.74 Å². The molecular weight excluding hydrogens is 214 g/mol. The third-order valence-electron chi connectivity index (χ3n) is 2.54. The molecule has 0 aliphatic rings. The first-order valence-electron chi connectivity index (χ1n) is 6.30. The summed E-state index contributed by atoms with van der Waals surface area (Å²) in [7, 11) is 0. The van der Waals surface area contributed by atoms with Gasteiger partial charge in [0, 0.05) is 18.2 Å². The lowest BCUT2D eigenvalue weighted by Gasteiger charge is -2.13. The lowest BCUT2D eigenvalue weighted by Crippen LogP contribution is -2.11. The van der Waals surface area contributed by atoms with Gasteiger partial charge in [0.25, 0.3) is 0 Å². The molecule has 0 bridgehead atoms. The van der Waals surface area contributed by atoms with Crippen LogP contribution >= 0.6 is 0 Å². The third kappa shape index (κ3) is 5.20. The SMILES string of the molecule is CCCCOCCOc1ccccc1[C@H](C)N. The Morgan fingerprint density at radius 2 is 1.94 bits per heavy atom. The summed E-state index contributed by atoms with van der Waals surface area (Å²) in [6, 6.07) is 7.87. The molecule has 0 unspecified atom stereocenters. The number of hydrogen-bond donors (Lipinski definition) is 1. The highest BCUT2D eigenvalue weighted by atomic mass is 16.5. The average molecular weight is 237 g/mol. The van der Waals surface area contributed by atoms with Gasteiger partial charge in [-0.2, -0.15) is 0 Å². The van der Waals surface area contributed by atoms with E-state index in [1.807, 2.05) is 31.2 Å². The minimum Gasteiger partial charge on any atom is -0.491 e. The van der Waals surface area contributed by atoms with Crippen molar-refractivity contribution in [3.05, 3.63) is 29.8 Å². The molecule has 1 atom stereocenters. The second-order valence-corrected chi connectivity index (χ2v) is 4.14. The van der Waals surface area contributed by atoms with Crippen LogP contribution in [-0.4, -0.2) is 19.8 Å². The summed E-state index contributed by atoms with van der Waals surface area (Å²) < 4.78 is 11.1. The highest BCUT2D eigenvalue weighted by Crippen LogP contribution is 2.22. The number of nitrogens with two attached hydrogens (primary N) is 1. The summed E-state index contributed by atoms with van der Waals surface area (Å²) >= 11 is 0. The quantitative estimate of drug-likeness (QED) is 0.707. The summed E-state index contributed by atoms with van der Waals surface area (Å²) in [4.78, 5) is 0. The predicted octanol–water partition coefficient (Wildman–Crippen LogP) is 2.90. The molecule has 1 rings (SSSR count). The molecule has 0 amide bonds. The molecule has 0 spiro atoms. The first-order valence-corrected chi connectivity index (χ1v) is 6.30. The maximum Gasteiger partial charge on any atom is 0.124 e. The fraction of sp³-hybridized carbons (Fsp3) is 0.571. The van der Waals surface area contributed by atoms with Crippen LogP contribution in [0.15, 0.2) is 24.3 Å². The molecule has 17 heavy (non-hydrogen) atoms. The van der Waals surface area contributed by atoms with E-state index in [0.717, 1.165) is 30.8 Å². The first-order chi connectivity index (χ1) is 8.25. The fourth-order valence-electron chi connectivity index (χ4n) is 1.55. The Morgan fingerprint density at radius 3 is 2.65 bits per heavy atom. The Morgan fingerprint density at radius 1 is 1.18 bits per heavy atom. The lowest BCUT2D eigenvalue weighted by molar-refractivity contribution is 0.0976.